The highest BCUT2D eigenvalue weighted by Crippen LogP contribution is 2.36. The van der Waals surface area contributed by atoms with Crippen molar-refractivity contribution in [3.05, 3.63) is 71.8 Å². The monoisotopic (exact) mass is 467 g/mol. The van der Waals surface area contributed by atoms with E-state index >= 15 is 0 Å². The number of benzene rings is 2. The lowest BCUT2D eigenvalue weighted by atomic mass is 10.1. The molecule has 1 atom stereocenters. The summed E-state index contributed by atoms with van der Waals surface area (Å²) in [6.07, 6.45) is -0.765. The van der Waals surface area contributed by atoms with Crippen LogP contribution in [0.1, 0.15) is 41.5 Å². The molecule has 0 radical (unpaired) electrons. The largest absolute Gasteiger partial charge is 0.479 e. The van der Waals surface area contributed by atoms with Gasteiger partial charge in [-0.2, -0.15) is 0 Å². The van der Waals surface area contributed by atoms with Crippen LogP contribution in [0.3, 0.4) is 0 Å². The zero-order valence-corrected chi connectivity index (χ0v) is 19.4. The van der Waals surface area contributed by atoms with E-state index in [1.165, 1.54) is 11.3 Å². The van der Waals surface area contributed by atoms with Crippen molar-refractivity contribution in [2.45, 2.75) is 26.9 Å². The van der Waals surface area contributed by atoms with Crippen molar-refractivity contribution in [2.75, 3.05) is 18.5 Å². The van der Waals surface area contributed by atoms with Crippen molar-refractivity contribution >= 4 is 34.2 Å². The van der Waals surface area contributed by atoms with E-state index in [1.54, 1.807) is 51.1 Å². The number of nitrogens with one attached hydrogen (secondary N) is 1. The Hall–Kier alpha value is -3.65. The van der Waals surface area contributed by atoms with Gasteiger partial charge in [0.15, 0.2) is 6.10 Å². The molecule has 8 heteroatoms. The lowest BCUT2D eigenvalue weighted by Gasteiger charge is -2.13. The van der Waals surface area contributed by atoms with Gasteiger partial charge in [-0.05, 0) is 56.7 Å². The summed E-state index contributed by atoms with van der Waals surface area (Å²) in [7, 11) is 0. The maximum absolute atomic E-state index is 12.8. The number of esters is 2. The van der Waals surface area contributed by atoms with Gasteiger partial charge in [-0.1, -0.05) is 30.3 Å². The predicted octanol–water partition coefficient (Wildman–Crippen LogP) is 5.17. The van der Waals surface area contributed by atoms with E-state index in [2.05, 4.69) is 5.32 Å². The van der Waals surface area contributed by atoms with Crippen LogP contribution in [0.4, 0.5) is 5.00 Å². The highest BCUT2D eigenvalue weighted by Gasteiger charge is 2.21. The van der Waals surface area contributed by atoms with E-state index in [-0.39, 0.29) is 19.1 Å². The molecular formula is C25H25NO6S. The van der Waals surface area contributed by atoms with Gasteiger partial charge in [0.05, 0.1) is 18.8 Å². The molecule has 0 saturated carbocycles. The maximum atomic E-state index is 12.8. The molecule has 33 heavy (non-hydrogen) atoms. The quantitative estimate of drug-likeness (QED) is 0.437. The third-order valence-electron chi connectivity index (χ3n) is 4.56. The first-order valence-electron chi connectivity index (χ1n) is 10.5. The molecule has 2 aromatic carbocycles. The summed E-state index contributed by atoms with van der Waals surface area (Å²) in [4.78, 5) is 37.9. The Labute approximate surface area is 196 Å². The van der Waals surface area contributed by atoms with Crippen LogP contribution in [0.15, 0.2) is 60.7 Å². The Kier molecular flexibility index (Phi) is 8.21. The van der Waals surface area contributed by atoms with Crippen LogP contribution < -0.4 is 10.1 Å². The number of ether oxygens (including phenoxy) is 3. The summed E-state index contributed by atoms with van der Waals surface area (Å²) in [5.74, 6) is -0.908. The van der Waals surface area contributed by atoms with E-state index in [9.17, 15) is 14.4 Å². The van der Waals surface area contributed by atoms with Gasteiger partial charge in [-0.3, -0.25) is 4.79 Å². The summed E-state index contributed by atoms with van der Waals surface area (Å²) < 4.78 is 15.6. The van der Waals surface area contributed by atoms with Gasteiger partial charge in [-0.25, -0.2) is 9.59 Å². The van der Waals surface area contributed by atoms with E-state index in [1.807, 2.05) is 30.3 Å². The molecule has 0 fully saturated rings. The third kappa shape index (κ3) is 6.20. The van der Waals surface area contributed by atoms with Gasteiger partial charge in [0.1, 0.15) is 10.8 Å². The highest BCUT2D eigenvalue weighted by atomic mass is 32.1. The highest BCUT2D eigenvalue weighted by molar-refractivity contribution is 7.20. The Morgan fingerprint density at radius 1 is 0.939 bits per heavy atom. The van der Waals surface area contributed by atoms with Gasteiger partial charge in [0, 0.05) is 10.4 Å². The normalized spacial score (nSPS) is 11.4. The second kappa shape index (κ2) is 11.3. The molecule has 0 aliphatic heterocycles. The van der Waals surface area contributed by atoms with E-state index in [4.69, 9.17) is 14.2 Å². The summed E-state index contributed by atoms with van der Waals surface area (Å²) in [6, 6.07) is 17.7. The van der Waals surface area contributed by atoms with Crippen molar-refractivity contribution in [3.63, 3.8) is 0 Å². The first kappa shape index (κ1) is 24.0. The summed E-state index contributed by atoms with van der Waals surface area (Å²) in [6.45, 7) is 5.55. The van der Waals surface area contributed by atoms with Crippen LogP contribution >= 0.6 is 11.3 Å². The van der Waals surface area contributed by atoms with Crippen LogP contribution in [-0.4, -0.2) is 37.2 Å². The van der Waals surface area contributed by atoms with Crippen molar-refractivity contribution in [1.29, 1.82) is 0 Å². The first-order valence-corrected chi connectivity index (χ1v) is 11.4. The third-order valence-corrected chi connectivity index (χ3v) is 5.66. The van der Waals surface area contributed by atoms with Crippen molar-refractivity contribution in [3.8, 4) is 16.2 Å². The van der Waals surface area contributed by atoms with E-state index in [0.29, 0.717) is 21.9 Å². The second-order valence-electron chi connectivity index (χ2n) is 6.93. The standard InChI is InChI=1S/C25H25NO6S/c1-4-30-24(28)16(3)32-19-13-11-18(12-14-19)22(27)26-23-20(25(29)31-5-2)15-21(33-23)17-9-7-6-8-10-17/h6-16H,4-5H2,1-3H3,(H,26,27). The zero-order valence-electron chi connectivity index (χ0n) is 18.6. The Bertz CT molecular complexity index is 1110. The van der Waals surface area contributed by atoms with Crippen molar-refractivity contribution in [1.82, 2.24) is 0 Å². The number of carbonyl (C=O) groups excluding carboxylic acids is 3. The first-order chi connectivity index (χ1) is 15.9. The van der Waals surface area contributed by atoms with Gasteiger partial charge >= 0.3 is 11.9 Å². The molecule has 1 amide bonds. The summed E-state index contributed by atoms with van der Waals surface area (Å²) in [5.41, 5.74) is 1.61. The molecule has 3 aromatic rings. The average molecular weight is 468 g/mol. The predicted molar refractivity (Wildman–Crippen MR) is 127 cm³/mol. The molecule has 0 aliphatic rings. The number of anilines is 1. The molecule has 0 spiro atoms. The molecule has 0 bridgehead atoms. The number of thiophene rings is 1. The minimum Gasteiger partial charge on any atom is -0.479 e. The number of hydrogen-bond acceptors (Lipinski definition) is 7. The van der Waals surface area contributed by atoms with E-state index < -0.39 is 18.0 Å². The minimum absolute atomic E-state index is 0.231. The van der Waals surface area contributed by atoms with Gasteiger partial charge < -0.3 is 19.5 Å². The fourth-order valence-electron chi connectivity index (χ4n) is 2.96. The van der Waals surface area contributed by atoms with Crippen LogP contribution in [0.5, 0.6) is 5.75 Å². The summed E-state index contributed by atoms with van der Waals surface area (Å²) >= 11 is 1.30. The molecule has 0 aliphatic carbocycles. The SMILES string of the molecule is CCOC(=O)c1cc(-c2ccccc2)sc1NC(=O)c1ccc(OC(C)C(=O)OCC)cc1. The maximum Gasteiger partial charge on any atom is 0.347 e. The van der Waals surface area contributed by atoms with Gasteiger partial charge in [0.2, 0.25) is 0 Å². The molecule has 3 rings (SSSR count). The zero-order chi connectivity index (χ0) is 23.8. The Morgan fingerprint density at radius 2 is 1.61 bits per heavy atom. The number of hydrogen-bond donors (Lipinski definition) is 1. The van der Waals surface area contributed by atoms with Gasteiger partial charge in [0.25, 0.3) is 5.91 Å². The lowest BCUT2D eigenvalue weighted by molar-refractivity contribution is -0.150. The smallest absolute Gasteiger partial charge is 0.347 e. The Morgan fingerprint density at radius 3 is 2.24 bits per heavy atom. The lowest BCUT2D eigenvalue weighted by Crippen LogP contribution is -2.26. The van der Waals surface area contributed by atoms with E-state index in [0.717, 1.165) is 10.4 Å². The van der Waals surface area contributed by atoms with Crippen molar-refractivity contribution < 1.29 is 28.6 Å². The van der Waals surface area contributed by atoms with Crippen molar-refractivity contribution in [2.24, 2.45) is 0 Å². The number of carbonyl (C=O) groups is 3. The molecule has 1 unspecified atom stereocenters. The topological polar surface area (TPSA) is 90.9 Å². The minimum atomic E-state index is -0.765. The average Bonchev–Trinajstić information content (AvgIpc) is 3.24. The van der Waals surface area contributed by atoms with Crippen LogP contribution in [0.25, 0.3) is 10.4 Å². The number of amides is 1. The summed E-state index contributed by atoms with van der Waals surface area (Å²) in [5, 5.41) is 3.23. The molecule has 1 heterocycles. The molecule has 172 valence electrons. The molecule has 1 aromatic heterocycles. The van der Waals surface area contributed by atoms with Crippen LogP contribution in [-0.2, 0) is 14.3 Å². The molecule has 1 N–H and O–H groups in total. The molecule has 7 nitrogen and oxygen atoms in total. The fraction of sp³-hybridized carbons (Fsp3) is 0.240. The molecule has 0 saturated heterocycles. The Balaban J connectivity index is 1.77. The number of rotatable bonds is 9. The second-order valence-corrected chi connectivity index (χ2v) is 7.98. The van der Waals surface area contributed by atoms with Crippen LogP contribution in [0.2, 0.25) is 0 Å². The molecular weight excluding hydrogens is 442 g/mol. The fourth-order valence-corrected chi connectivity index (χ4v) is 4.01. The van der Waals surface area contributed by atoms with Crippen LogP contribution in [0, 0.1) is 0 Å². The van der Waals surface area contributed by atoms with Gasteiger partial charge in [-0.15, -0.1) is 11.3 Å².